The number of benzene rings is 1. The summed E-state index contributed by atoms with van der Waals surface area (Å²) in [6.45, 7) is 2.94. The largest absolute Gasteiger partial charge is 0.491 e. The number of nitrogens with zero attached hydrogens (tertiary/aromatic N) is 1. The highest BCUT2D eigenvalue weighted by Gasteiger charge is 2.23. The van der Waals surface area contributed by atoms with Gasteiger partial charge in [0.2, 0.25) is 5.91 Å². The second kappa shape index (κ2) is 7.43. The molecule has 1 atom stereocenters. The summed E-state index contributed by atoms with van der Waals surface area (Å²) in [7, 11) is 1.82. The fourth-order valence-electron chi connectivity index (χ4n) is 2.05. The standard InChI is InChI=1S/C16H24N2O3/c1-12-3-7-15(8-4-12)21-11-14(19)9-18(2)10-16(20)17-13-5-6-13/h3-4,7-8,13-14,19H,5-6,9-11H2,1-2H3,(H,17,20). The lowest BCUT2D eigenvalue weighted by Crippen LogP contribution is -2.40. The molecule has 0 saturated heterocycles. The zero-order chi connectivity index (χ0) is 15.2. The third-order valence-corrected chi connectivity index (χ3v) is 3.34. The molecular formula is C16H24N2O3. The van der Waals surface area contributed by atoms with Gasteiger partial charge in [0.05, 0.1) is 6.54 Å². The van der Waals surface area contributed by atoms with E-state index in [1.807, 2.05) is 38.2 Å². The number of rotatable bonds is 8. The molecule has 1 saturated carbocycles. The van der Waals surface area contributed by atoms with Crippen molar-refractivity contribution in [2.45, 2.75) is 31.9 Å². The van der Waals surface area contributed by atoms with Gasteiger partial charge >= 0.3 is 0 Å². The van der Waals surface area contributed by atoms with Crippen molar-refractivity contribution < 1.29 is 14.6 Å². The normalized spacial score (nSPS) is 15.8. The van der Waals surface area contributed by atoms with Crippen molar-refractivity contribution in [3.05, 3.63) is 29.8 Å². The van der Waals surface area contributed by atoms with Crippen LogP contribution in [0.1, 0.15) is 18.4 Å². The average Bonchev–Trinajstić information content (AvgIpc) is 3.21. The Balaban J connectivity index is 1.64. The Morgan fingerprint density at radius 3 is 2.71 bits per heavy atom. The number of hydrogen-bond donors (Lipinski definition) is 2. The van der Waals surface area contributed by atoms with Gasteiger partial charge in [0.15, 0.2) is 0 Å². The number of ether oxygens (including phenoxy) is 1. The maximum absolute atomic E-state index is 11.6. The Kier molecular flexibility index (Phi) is 5.59. The third kappa shape index (κ3) is 6.14. The number of aliphatic hydroxyl groups excluding tert-OH is 1. The molecule has 2 rings (SSSR count). The van der Waals surface area contributed by atoms with Gasteiger partial charge < -0.3 is 15.2 Å². The summed E-state index contributed by atoms with van der Waals surface area (Å²) < 4.78 is 5.53. The predicted octanol–water partition coefficient (Wildman–Crippen LogP) is 0.945. The summed E-state index contributed by atoms with van der Waals surface area (Å²) in [5.74, 6) is 0.764. The molecule has 0 heterocycles. The van der Waals surface area contributed by atoms with Crippen LogP contribution in [0.25, 0.3) is 0 Å². The van der Waals surface area contributed by atoms with Crippen LogP contribution in [-0.2, 0) is 4.79 Å². The van der Waals surface area contributed by atoms with E-state index in [9.17, 15) is 9.90 Å². The first kappa shape index (κ1) is 15.8. The number of likely N-dealkylation sites (N-methyl/N-ethyl adjacent to an activating group) is 1. The van der Waals surface area contributed by atoms with Crippen molar-refractivity contribution in [3.8, 4) is 5.75 Å². The van der Waals surface area contributed by atoms with E-state index >= 15 is 0 Å². The van der Waals surface area contributed by atoms with Gasteiger partial charge in [-0.25, -0.2) is 0 Å². The monoisotopic (exact) mass is 292 g/mol. The van der Waals surface area contributed by atoms with Crippen LogP contribution < -0.4 is 10.1 Å². The number of nitrogens with one attached hydrogen (secondary N) is 1. The van der Waals surface area contributed by atoms with Crippen LogP contribution in [0.3, 0.4) is 0 Å². The van der Waals surface area contributed by atoms with Gasteiger partial charge in [0, 0.05) is 12.6 Å². The van der Waals surface area contributed by atoms with Gasteiger partial charge in [-0.2, -0.15) is 0 Å². The van der Waals surface area contributed by atoms with Gasteiger partial charge in [0.1, 0.15) is 18.5 Å². The minimum atomic E-state index is -0.620. The average molecular weight is 292 g/mol. The molecule has 2 N–H and O–H groups in total. The number of carbonyl (C=O) groups is 1. The number of aryl methyl sites for hydroxylation is 1. The first-order valence-corrected chi connectivity index (χ1v) is 7.38. The van der Waals surface area contributed by atoms with E-state index in [2.05, 4.69) is 5.32 Å². The van der Waals surface area contributed by atoms with Gasteiger partial charge in [-0.15, -0.1) is 0 Å². The summed E-state index contributed by atoms with van der Waals surface area (Å²) in [4.78, 5) is 13.4. The number of amides is 1. The molecule has 1 aromatic rings. The minimum Gasteiger partial charge on any atom is -0.491 e. The molecule has 0 radical (unpaired) electrons. The van der Waals surface area contributed by atoms with Crippen LogP contribution in [0.15, 0.2) is 24.3 Å². The summed E-state index contributed by atoms with van der Waals surface area (Å²) in [5, 5.41) is 12.9. The molecule has 0 aliphatic heterocycles. The van der Waals surface area contributed by atoms with Crippen LogP contribution in [0, 0.1) is 6.92 Å². The van der Waals surface area contributed by atoms with Crippen LogP contribution in [0.2, 0.25) is 0 Å². The lowest BCUT2D eigenvalue weighted by molar-refractivity contribution is -0.122. The highest BCUT2D eigenvalue weighted by atomic mass is 16.5. The Morgan fingerprint density at radius 2 is 2.10 bits per heavy atom. The smallest absolute Gasteiger partial charge is 0.234 e. The molecule has 5 heteroatoms. The van der Waals surface area contributed by atoms with Gasteiger partial charge in [-0.3, -0.25) is 9.69 Å². The summed E-state index contributed by atoms with van der Waals surface area (Å²) in [6.07, 6.45) is 1.55. The Hall–Kier alpha value is -1.59. The maximum Gasteiger partial charge on any atom is 0.234 e. The van der Waals surface area contributed by atoms with E-state index in [1.165, 1.54) is 5.56 Å². The van der Waals surface area contributed by atoms with Crippen LogP contribution >= 0.6 is 0 Å². The SMILES string of the molecule is Cc1ccc(OCC(O)CN(C)CC(=O)NC2CC2)cc1. The van der Waals surface area contributed by atoms with Crippen molar-refractivity contribution in [3.63, 3.8) is 0 Å². The fourth-order valence-corrected chi connectivity index (χ4v) is 2.05. The zero-order valence-corrected chi connectivity index (χ0v) is 12.7. The summed E-state index contributed by atoms with van der Waals surface area (Å²) >= 11 is 0. The minimum absolute atomic E-state index is 0.0200. The molecule has 1 fully saturated rings. The zero-order valence-electron chi connectivity index (χ0n) is 12.7. The summed E-state index contributed by atoms with van der Waals surface area (Å²) in [5.41, 5.74) is 1.17. The molecule has 116 valence electrons. The molecule has 0 bridgehead atoms. The molecule has 0 aromatic heterocycles. The predicted molar refractivity (Wildman–Crippen MR) is 81.3 cm³/mol. The lowest BCUT2D eigenvalue weighted by atomic mass is 10.2. The fraction of sp³-hybridized carbons (Fsp3) is 0.562. The molecular weight excluding hydrogens is 268 g/mol. The second-order valence-corrected chi connectivity index (χ2v) is 5.82. The molecule has 1 aromatic carbocycles. The Bertz CT molecular complexity index is 457. The second-order valence-electron chi connectivity index (χ2n) is 5.82. The topological polar surface area (TPSA) is 61.8 Å². The van der Waals surface area contributed by atoms with Crippen molar-refractivity contribution in [2.24, 2.45) is 0 Å². The number of hydrogen-bond acceptors (Lipinski definition) is 4. The third-order valence-electron chi connectivity index (χ3n) is 3.34. The van der Waals surface area contributed by atoms with Crippen molar-refractivity contribution in [2.75, 3.05) is 26.7 Å². The first-order valence-electron chi connectivity index (χ1n) is 7.38. The molecule has 1 aliphatic carbocycles. The Morgan fingerprint density at radius 1 is 1.43 bits per heavy atom. The van der Waals surface area contributed by atoms with Crippen molar-refractivity contribution in [1.82, 2.24) is 10.2 Å². The highest BCUT2D eigenvalue weighted by molar-refractivity contribution is 5.78. The van der Waals surface area contributed by atoms with Crippen LogP contribution in [0.4, 0.5) is 0 Å². The lowest BCUT2D eigenvalue weighted by Gasteiger charge is -2.20. The van der Waals surface area contributed by atoms with E-state index in [1.54, 1.807) is 4.90 Å². The molecule has 1 unspecified atom stereocenters. The van der Waals surface area contributed by atoms with Crippen LogP contribution in [-0.4, -0.2) is 54.8 Å². The van der Waals surface area contributed by atoms with E-state index < -0.39 is 6.10 Å². The van der Waals surface area contributed by atoms with Gasteiger partial charge in [-0.05, 0) is 38.9 Å². The molecule has 0 spiro atoms. The van der Waals surface area contributed by atoms with E-state index in [0.29, 0.717) is 19.1 Å². The van der Waals surface area contributed by atoms with Crippen LogP contribution in [0.5, 0.6) is 5.75 Å². The molecule has 1 aliphatic rings. The highest BCUT2D eigenvalue weighted by Crippen LogP contribution is 2.18. The maximum atomic E-state index is 11.6. The quantitative estimate of drug-likeness (QED) is 0.749. The van der Waals surface area contributed by atoms with Gasteiger partial charge in [0.25, 0.3) is 0 Å². The molecule has 5 nitrogen and oxygen atoms in total. The van der Waals surface area contributed by atoms with E-state index in [0.717, 1.165) is 18.6 Å². The van der Waals surface area contributed by atoms with Crippen molar-refractivity contribution in [1.29, 1.82) is 0 Å². The van der Waals surface area contributed by atoms with Crippen molar-refractivity contribution >= 4 is 5.91 Å². The first-order chi connectivity index (χ1) is 10.0. The summed E-state index contributed by atoms with van der Waals surface area (Å²) in [6, 6.07) is 8.08. The number of aliphatic hydroxyl groups is 1. The Labute approximate surface area is 125 Å². The van der Waals surface area contributed by atoms with E-state index in [4.69, 9.17) is 4.74 Å². The molecule has 1 amide bonds. The van der Waals surface area contributed by atoms with Gasteiger partial charge in [-0.1, -0.05) is 17.7 Å². The molecule has 21 heavy (non-hydrogen) atoms. The van der Waals surface area contributed by atoms with E-state index in [-0.39, 0.29) is 12.5 Å². The number of carbonyl (C=O) groups excluding carboxylic acids is 1.